The van der Waals surface area contributed by atoms with Crippen molar-refractivity contribution in [3.05, 3.63) is 89.8 Å². The van der Waals surface area contributed by atoms with Crippen molar-refractivity contribution >= 4 is 22.8 Å². The van der Waals surface area contributed by atoms with Crippen molar-refractivity contribution in [1.82, 2.24) is 5.32 Å². The van der Waals surface area contributed by atoms with E-state index < -0.39 is 0 Å². The quantitative estimate of drug-likeness (QED) is 0.683. The summed E-state index contributed by atoms with van der Waals surface area (Å²) < 4.78 is 13.5. The Morgan fingerprint density at radius 1 is 1.00 bits per heavy atom. The highest BCUT2D eigenvalue weighted by Crippen LogP contribution is 2.20. The molecule has 0 aliphatic heterocycles. The van der Waals surface area contributed by atoms with Crippen LogP contribution in [0.1, 0.15) is 24.1 Å². The summed E-state index contributed by atoms with van der Waals surface area (Å²) in [6.45, 7) is 1.93. The average molecular weight is 319 g/mol. The lowest BCUT2D eigenvalue weighted by atomic mass is 10.0. The van der Waals surface area contributed by atoms with Gasteiger partial charge in [0.2, 0.25) is 5.91 Å². The van der Waals surface area contributed by atoms with Crippen LogP contribution in [0, 0.1) is 5.82 Å². The Hall–Kier alpha value is -2.94. The van der Waals surface area contributed by atoms with Crippen molar-refractivity contribution in [1.29, 1.82) is 0 Å². The van der Waals surface area contributed by atoms with Crippen LogP contribution in [-0.4, -0.2) is 5.91 Å². The third-order valence-electron chi connectivity index (χ3n) is 3.95. The second-order valence-corrected chi connectivity index (χ2v) is 5.69. The van der Waals surface area contributed by atoms with Gasteiger partial charge in [0.05, 0.1) is 6.04 Å². The van der Waals surface area contributed by atoms with E-state index in [1.807, 2.05) is 37.3 Å². The standard InChI is InChI=1S/C21H18FNO/c1-15(18-11-10-16-6-2-3-8-19(16)14-18)23-21(24)13-12-17-7-4-5-9-20(17)22/h2-15H,1H3,(H,23,24)/b13-12+. The van der Waals surface area contributed by atoms with Crippen LogP contribution in [0.15, 0.2) is 72.8 Å². The summed E-state index contributed by atoms with van der Waals surface area (Å²) in [5.41, 5.74) is 1.42. The second-order valence-electron chi connectivity index (χ2n) is 5.69. The highest BCUT2D eigenvalue weighted by molar-refractivity contribution is 5.92. The first-order valence-corrected chi connectivity index (χ1v) is 7.85. The van der Waals surface area contributed by atoms with Crippen LogP contribution in [0.3, 0.4) is 0 Å². The molecule has 3 rings (SSSR count). The van der Waals surface area contributed by atoms with E-state index >= 15 is 0 Å². The number of benzene rings is 3. The molecule has 0 aliphatic rings. The van der Waals surface area contributed by atoms with Gasteiger partial charge in [-0.2, -0.15) is 0 Å². The molecule has 1 amide bonds. The van der Waals surface area contributed by atoms with Crippen LogP contribution >= 0.6 is 0 Å². The van der Waals surface area contributed by atoms with Crippen LogP contribution in [0.4, 0.5) is 4.39 Å². The van der Waals surface area contributed by atoms with E-state index in [1.54, 1.807) is 18.2 Å². The molecule has 1 atom stereocenters. The molecule has 0 aliphatic carbocycles. The lowest BCUT2D eigenvalue weighted by Gasteiger charge is -2.14. The number of carbonyl (C=O) groups is 1. The number of amides is 1. The zero-order valence-electron chi connectivity index (χ0n) is 13.4. The van der Waals surface area contributed by atoms with Crippen molar-refractivity contribution in [3.8, 4) is 0 Å². The van der Waals surface area contributed by atoms with E-state index in [0.717, 1.165) is 10.9 Å². The van der Waals surface area contributed by atoms with Gasteiger partial charge in [-0.25, -0.2) is 4.39 Å². The maximum absolute atomic E-state index is 13.5. The number of halogens is 1. The van der Waals surface area contributed by atoms with Crippen LogP contribution < -0.4 is 5.32 Å². The van der Waals surface area contributed by atoms with E-state index in [2.05, 4.69) is 17.4 Å². The first-order valence-electron chi connectivity index (χ1n) is 7.85. The lowest BCUT2D eigenvalue weighted by Crippen LogP contribution is -2.24. The topological polar surface area (TPSA) is 29.1 Å². The summed E-state index contributed by atoms with van der Waals surface area (Å²) in [4.78, 5) is 12.1. The second kappa shape index (κ2) is 7.09. The number of rotatable bonds is 4. The monoisotopic (exact) mass is 319 g/mol. The molecule has 0 spiro atoms. The Labute approximate surface area is 140 Å². The Kier molecular flexibility index (Phi) is 4.71. The highest BCUT2D eigenvalue weighted by Gasteiger charge is 2.08. The molecule has 24 heavy (non-hydrogen) atoms. The fourth-order valence-electron chi connectivity index (χ4n) is 2.60. The van der Waals surface area contributed by atoms with Gasteiger partial charge in [-0.3, -0.25) is 4.79 Å². The van der Waals surface area contributed by atoms with E-state index in [4.69, 9.17) is 0 Å². The number of carbonyl (C=O) groups excluding carboxylic acids is 1. The number of nitrogens with one attached hydrogen (secondary N) is 1. The van der Waals surface area contributed by atoms with Gasteiger partial charge in [0.15, 0.2) is 0 Å². The molecule has 0 radical (unpaired) electrons. The molecular formula is C21H18FNO. The molecule has 0 saturated heterocycles. The largest absolute Gasteiger partial charge is 0.346 e. The number of hydrogen-bond acceptors (Lipinski definition) is 1. The molecule has 0 heterocycles. The summed E-state index contributed by atoms with van der Waals surface area (Å²) in [6.07, 6.45) is 2.84. The summed E-state index contributed by atoms with van der Waals surface area (Å²) in [6, 6.07) is 20.4. The fraction of sp³-hybridized carbons (Fsp3) is 0.0952. The zero-order chi connectivity index (χ0) is 16.9. The molecule has 2 nitrogen and oxygen atoms in total. The van der Waals surface area contributed by atoms with E-state index in [9.17, 15) is 9.18 Å². The molecule has 3 heteroatoms. The van der Waals surface area contributed by atoms with Gasteiger partial charge < -0.3 is 5.32 Å². The van der Waals surface area contributed by atoms with Crippen LogP contribution in [-0.2, 0) is 4.79 Å². The van der Waals surface area contributed by atoms with Crippen molar-refractivity contribution < 1.29 is 9.18 Å². The maximum atomic E-state index is 13.5. The maximum Gasteiger partial charge on any atom is 0.244 e. The predicted molar refractivity (Wildman–Crippen MR) is 95.9 cm³/mol. The van der Waals surface area contributed by atoms with Crippen molar-refractivity contribution in [3.63, 3.8) is 0 Å². The highest BCUT2D eigenvalue weighted by atomic mass is 19.1. The molecule has 120 valence electrons. The van der Waals surface area contributed by atoms with Gasteiger partial charge in [0, 0.05) is 11.6 Å². The molecule has 0 aromatic heterocycles. The van der Waals surface area contributed by atoms with Crippen LogP contribution in [0.5, 0.6) is 0 Å². The normalized spacial score (nSPS) is 12.4. The Balaban J connectivity index is 1.70. The smallest absolute Gasteiger partial charge is 0.244 e. The molecule has 1 N–H and O–H groups in total. The minimum atomic E-state index is -0.343. The third kappa shape index (κ3) is 3.69. The lowest BCUT2D eigenvalue weighted by molar-refractivity contribution is -0.117. The van der Waals surface area contributed by atoms with Crippen LogP contribution in [0.2, 0.25) is 0 Å². The minimum Gasteiger partial charge on any atom is -0.346 e. The molecule has 1 unspecified atom stereocenters. The summed E-state index contributed by atoms with van der Waals surface area (Å²) in [5.74, 6) is -0.594. The summed E-state index contributed by atoms with van der Waals surface area (Å²) in [7, 11) is 0. The zero-order valence-corrected chi connectivity index (χ0v) is 13.4. The Morgan fingerprint density at radius 2 is 1.71 bits per heavy atom. The molecular weight excluding hydrogens is 301 g/mol. The van der Waals surface area contributed by atoms with Gasteiger partial charge in [-0.15, -0.1) is 0 Å². The molecule has 3 aromatic rings. The fourth-order valence-corrected chi connectivity index (χ4v) is 2.60. The van der Waals surface area contributed by atoms with Crippen LogP contribution in [0.25, 0.3) is 16.8 Å². The SMILES string of the molecule is CC(NC(=O)/C=C/c1ccccc1F)c1ccc2ccccc2c1. The Morgan fingerprint density at radius 3 is 2.50 bits per heavy atom. The van der Waals surface area contributed by atoms with E-state index in [-0.39, 0.29) is 17.8 Å². The van der Waals surface area contributed by atoms with Gasteiger partial charge >= 0.3 is 0 Å². The van der Waals surface area contributed by atoms with Gasteiger partial charge in [0.25, 0.3) is 0 Å². The Bertz CT molecular complexity index is 901. The minimum absolute atomic E-state index is 0.132. The van der Waals surface area contributed by atoms with Crippen molar-refractivity contribution in [2.75, 3.05) is 0 Å². The first-order chi connectivity index (χ1) is 11.6. The molecule has 0 bridgehead atoms. The predicted octanol–water partition coefficient (Wildman–Crippen LogP) is 4.87. The first kappa shape index (κ1) is 15.9. The average Bonchev–Trinajstić information content (AvgIpc) is 2.60. The van der Waals surface area contributed by atoms with Crippen molar-refractivity contribution in [2.24, 2.45) is 0 Å². The van der Waals surface area contributed by atoms with Crippen molar-refractivity contribution in [2.45, 2.75) is 13.0 Å². The van der Waals surface area contributed by atoms with E-state index in [1.165, 1.54) is 23.6 Å². The van der Waals surface area contributed by atoms with Gasteiger partial charge in [-0.05, 0) is 41.5 Å². The number of hydrogen-bond donors (Lipinski definition) is 1. The summed E-state index contributed by atoms with van der Waals surface area (Å²) in [5, 5.41) is 5.21. The molecule has 0 fully saturated rings. The number of fused-ring (bicyclic) bond motifs is 1. The van der Waals surface area contributed by atoms with E-state index in [0.29, 0.717) is 5.56 Å². The third-order valence-corrected chi connectivity index (χ3v) is 3.95. The van der Waals surface area contributed by atoms with Gasteiger partial charge in [0.1, 0.15) is 5.82 Å². The molecule has 0 saturated carbocycles. The van der Waals surface area contributed by atoms with Gasteiger partial charge in [-0.1, -0.05) is 54.6 Å². The molecule has 3 aromatic carbocycles. The summed E-state index contributed by atoms with van der Waals surface area (Å²) >= 11 is 0.